The van der Waals surface area contributed by atoms with E-state index in [0.29, 0.717) is 30.4 Å². The average Bonchev–Trinajstić information content (AvgIpc) is 3.34. The van der Waals surface area contributed by atoms with Gasteiger partial charge in [0.1, 0.15) is 6.10 Å². The van der Waals surface area contributed by atoms with Crippen molar-refractivity contribution in [2.24, 2.45) is 0 Å². The van der Waals surface area contributed by atoms with E-state index in [1.807, 2.05) is 43.3 Å². The Morgan fingerprint density at radius 3 is 2.81 bits per heavy atom. The molecule has 0 saturated carbocycles. The van der Waals surface area contributed by atoms with Gasteiger partial charge in [-0.25, -0.2) is 0 Å². The summed E-state index contributed by atoms with van der Waals surface area (Å²) in [5.41, 5.74) is 2.03. The second-order valence-electron chi connectivity index (χ2n) is 6.24. The number of likely N-dealkylation sites (tertiary alicyclic amines) is 1. The van der Waals surface area contributed by atoms with E-state index in [0.717, 1.165) is 17.7 Å². The number of aromatic nitrogens is 3. The number of hydrogen-bond acceptors (Lipinski definition) is 6. The fourth-order valence-electron chi connectivity index (χ4n) is 2.91. The summed E-state index contributed by atoms with van der Waals surface area (Å²) in [4.78, 5) is 14.4. The molecule has 0 aliphatic carbocycles. The van der Waals surface area contributed by atoms with Crippen LogP contribution >= 0.6 is 0 Å². The number of carbonyl (C=O) groups excluding carboxylic acids is 1. The molecule has 1 fully saturated rings. The van der Waals surface area contributed by atoms with Gasteiger partial charge < -0.3 is 14.2 Å². The zero-order valence-corrected chi connectivity index (χ0v) is 14.3. The molecule has 26 heavy (non-hydrogen) atoms. The van der Waals surface area contributed by atoms with Crippen LogP contribution in [0.2, 0.25) is 0 Å². The Hall–Kier alpha value is -3.22. The Morgan fingerprint density at radius 2 is 2.04 bits per heavy atom. The van der Waals surface area contributed by atoms with Crippen molar-refractivity contribution < 1.29 is 14.1 Å². The van der Waals surface area contributed by atoms with Gasteiger partial charge in [-0.3, -0.25) is 4.79 Å². The molecule has 0 bridgehead atoms. The normalized spacial score (nSPS) is 16.7. The van der Waals surface area contributed by atoms with E-state index in [-0.39, 0.29) is 12.0 Å². The number of amides is 1. The molecular formula is C19H18N4O3. The van der Waals surface area contributed by atoms with Gasteiger partial charge in [-0.05, 0) is 13.0 Å². The number of benzene rings is 1. The monoisotopic (exact) mass is 350 g/mol. The minimum atomic E-state index is -0.156. The molecule has 7 nitrogen and oxygen atoms in total. The molecule has 1 unspecified atom stereocenters. The predicted molar refractivity (Wildman–Crippen MR) is 93.6 cm³/mol. The first-order chi connectivity index (χ1) is 12.7. The third-order valence-electron chi connectivity index (χ3n) is 4.28. The highest BCUT2D eigenvalue weighted by atomic mass is 16.5. The van der Waals surface area contributed by atoms with Gasteiger partial charge in [0.15, 0.2) is 11.5 Å². The Kier molecular flexibility index (Phi) is 4.35. The van der Waals surface area contributed by atoms with E-state index in [1.165, 1.54) is 0 Å². The number of rotatable bonds is 4. The van der Waals surface area contributed by atoms with Gasteiger partial charge in [0.05, 0.1) is 12.2 Å². The minimum absolute atomic E-state index is 0.101. The van der Waals surface area contributed by atoms with Crippen LogP contribution in [0.25, 0.3) is 11.3 Å². The van der Waals surface area contributed by atoms with Crippen LogP contribution in [0, 0.1) is 6.92 Å². The molecule has 1 aromatic carbocycles. The lowest BCUT2D eigenvalue weighted by molar-refractivity contribution is 0.0761. The van der Waals surface area contributed by atoms with Gasteiger partial charge >= 0.3 is 0 Å². The van der Waals surface area contributed by atoms with E-state index < -0.39 is 0 Å². The molecule has 1 saturated heterocycles. The van der Waals surface area contributed by atoms with Crippen LogP contribution in [0.15, 0.2) is 53.1 Å². The summed E-state index contributed by atoms with van der Waals surface area (Å²) >= 11 is 0. The molecule has 1 aliphatic rings. The highest BCUT2D eigenvalue weighted by Gasteiger charge is 2.30. The van der Waals surface area contributed by atoms with Crippen molar-refractivity contribution >= 4 is 5.91 Å². The summed E-state index contributed by atoms with van der Waals surface area (Å²) < 4.78 is 11.1. The van der Waals surface area contributed by atoms with Crippen molar-refractivity contribution in [1.29, 1.82) is 0 Å². The largest absolute Gasteiger partial charge is 0.471 e. The Balaban J connectivity index is 1.40. The van der Waals surface area contributed by atoms with E-state index in [2.05, 4.69) is 15.4 Å². The fourth-order valence-corrected chi connectivity index (χ4v) is 2.91. The van der Waals surface area contributed by atoms with Gasteiger partial charge in [0.2, 0.25) is 5.88 Å². The van der Waals surface area contributed by atoms with Gasteiger partial charge in [0, 0.05) is 30.7 Å². The van der Waals surface area contributed by atoms with E-state index in [4.69, 9.17) is 9.26 Å². The van der Waals surface area contributed by atoms with Crippen LogP contribution in [0.5, 0.6) is 5.88 Å². The molecule has 1 amide bonds. The summed E-state index contributed by atoms with van der Waals surface area (Å²) in [5.74, 6) is 0.899. The third-order valence-corrected chi connectivity index (χ3v) is 4.28. The van der Waals surface area contributed by atoms with Crippen LogP contribution in [0.3, 0.4) is 0 Å². The van der Waals surface area contributed by atoms with Crippen LogP contribution in [0.1, 0.15) is 22.6 Å². The lowest BCUT2D eigenvalue weighted by Crippen LogP contribution is -2.31. The Labute approximate surface area is 150 Å². The van der Waals surface area contributed by atoms with Crippen LogP contribution in [-0.4, -0.2) is 45.4 Å². The molecular weight excluding hydrogens is 332 g/mol. The molecule has 0 radical (unpaired) electrons. The fraction of sp³-hybridized carbons (Fsp3) is 0.263. The lowest BCUT2D eigenvalue weighted by Gasteiger charge is -2.15. The quantitative estimate of drug-likeness (QED) is 0.720. The van der Waals surface area contributed by atoms with Gasteiger partial charge in [-0.2, -0.15) is 5.10 Å². The van der Waals surface area contributed by atoms with Gasteiger partial charge in [-0.15, -0.1) is 5.10 Å². The molecule has 0 spiro atoms. The van der Waals surface area contributed by atoms with Gasteiger partial charge in [-0.1, -0.05) is 35.5 Å². The molecule has 132 valence electrons. The summed E-state index contributed by atoms with van der Waals surface area (Å²) in [7, 11) is 0. The summed E-state index contributed by atoms with van der Waals surface area (Å²) in [6.07, 6.45) is 0.640. The molecule has 1 aliphatic heterocycles. The van der Waals surface area contributed by atoms with Crippen molar-refractivity contribution in [2.45, 2.75) is 19.4 Å². The average molecular weight is 350 g/mol. The Morgan fingerprint density at radius 1 is 1.19 bits per heavy atom. The van der Waals surface area contributed by atoms with E-state index in [9.17, 15) is 4.79 Å². The topological polar surface area (TPSA) is 81.4 Å². The van der Waals surface area contributed by atoms with Crippen molar-refractivity contribution in [1.82, 2.24) is 20.3 Å². The maximum atomic E-state index is 12.7. The third kappa shape index (κ3) is 3.42. The zero-order valence-electron chi connectivity index (χ0n) is 14.3. The molecule has 0 N–H and O–H groups in total. The van der Waals surface area contributed by atoms with Crippen LogP contribution in [0.4, 0.5) is 0 Å². The van der Waals surface area contributed by atoms with E-state index in [1.54, 1.807) is 17.0 Å². The second-order valence-corrected chi connectivity index (χ2v) is 6.24. The van der Waals surface area contributed by atoms with E-state index >= 15 is 0 Å². The standard InChI is InChI=1S/C19H18N4O3/c1-13-7-8-18(21-20-13)25-15-9-10-23(12-15)19(24)16-11-17(26-22-16)14-5-3-2-4-6-14/h2-8,11,15H,9-10,12H2,1H3. The first-order valence-corrected chi connectivity index (χ1v) is 8.47. The molecule has 7 heteroatoms. The predicted octanol–water partition coefficient (Wildman–Crippen LogP) is 2.73. The zero-order chi connectivity index (χ0) is 17.9. The summed E-state index contributed by atoms with van der Waals surface area (Å²) in [5, 5.41) is 11.9. The summed E-state index contributed by atoms with van der Waals surface area (Å²) in [6.45, 7) is 2.96. The molecule has 2 aromatic heterocycles. The molecule has 4 rings (SSSR count). The number of carbonyl (C=O) groups is 1. The lowest BCUT2D eigenvalue weighted by atomic mass is 10.1. The first-order valence-electron chi connectivity index (χ1n) is 8.47. The van der Waals surface area contributed by atoms with Crippen molar-refractivity contribution in [3.05, 3.63) is 59.9 Å². The highest BCUT2D eigenvalue weighted by Crippen LogP contribution is 2.22. The number of aryl methyl sites for hydroxylation is 1. The Bertz CT molecular complexity index is 893. The summed E-state index contributed by atoms with van der Waals surface area (Å²) in [6, 6.07) is 14.9. The van der Waals surface area contributed by atoms with Crippen molar-refractivity contribution in [3.8, 4) is 17.2 Å². The molecule has 3 heterocycles. The second kappa shape index (κ2) is 6.95. The number of nitrogens with zero attached hydrogens (tertiary/aromatic N) is 4. The minimum Gasteiger partial charge on any atom is -0.471 e. The molecule has 3 aromatic rings. The number of ether oxygens (including phenoxy) is 1. The number of hydrogen-bond donors (Lipinski definition) is 0. The van der Waals surface area contributed by atoms with Gasteiger partial charge in [0.25, 0.3) is 5.91 Å². The highest BCUT2D eigenvalue weighted by molar-refractivity contribution is 5.93. The van der Waals surface area contributed by atoms with Crippen LogP contribution < -0.4 is 4.74 Å². The van der Waals surface area contributed by atoms with Crippen molar-refractivity contribution in [2.75, 3.05) is 13.1 Å². The van der Waals surface area contributed by atoms with Crippen LogP contribution in [-0.2, 0) is 0 Å². The smallest absolute Gasteiger partial charge is 0.276 e. The maximum absolute atomic E-state index is 12.7. The molecule has 1 atom stereocenters. The first kappa shape index (κ1) is 16.3. The van der Waals surface area contributed by atoms with Crippen molar-refractivity contribution in [3.63, 3.8) is 0 Å². The SMILES string of the molecule is Cc1ccc(OC2CCN(C(=O)c3cc(-c4ccccc4)on3)C2)nn1. The maximum Gasteiger partial charge on any atom is 0.276 e.